The van der Waals surface area contributed by atoms with Crippen molar-refractivity contribution in [3.05, 3.63) is 35.9 Å². The molecule has 1 aliphatic heterocycles. The Labute approximate surface area is 127 Å². The summed E-state index contributed by atoms with van der Waals surface area (Å²) in [6.45, 7) is 3.67. The first-order chi connectivity index (χ1) is 9.04. The zero-order chi connectivity index (χ0) is 13.9. The van der Waals surface area contributed by atoms with Gasteiger partial charge in [0.15, 0.2) is 0 Å². The van der Waals surface area contributed by atoms with Crippen molar-refractivity contribution >= 4 is 22.6 Å². The van der Waals surface area contributed by atoms with E-state index in [9.17, 15) is 8.42 Å². The number of nitrogens with two attached hydrogens (primary N) is 1. The fourth-order valence-corrected chi connectivity index (χ4v) is 3.95. The second-order valence-corrected chi connectivity index (χ2v) is 6.75. The molecule has 0 aromatic heterocycles. The number of benzene rings is 1. The first-order valence-corrected chi connectivity index (χ1v) is 7.98. The van der Waals surface area contributed by atoms with Crippen LogP contribution in [0.3, 0.4) is 0 Å². The Morgan fingerprint density at radius 1 is 1.35 bits per heavy atom. The average molecular weight is 320 g/mol. The van der Waals surface area contributed by atoms with Crippen LogP contribution in [0.2, 0.25) is 0 Å². The molecule has 0 spiro atoms. The van der Waals surface area contributed by atoms with E-state index in [1.165, 1.54) is 8.61 Å². The number of hydrogen-bond acceptors (Lipinski definition) is 3. The topological polar surface area (TPSA) is 66.6 Å². The van der Waals surface area contributed by atoms with Crippen LogP contribution in [0.1, 0.15) is 18.9 Å². The number of halogens is 1. The van der Waals surface area contributed by atoms with E-state index >= 15 is 0 Å². The minimum absolute atomic E-state index is 0. The van der Waals surface area contributed by atoms with Gasteiger partial charge in [0.05, 0.1) is 0 Å². The predicted molar refractivity (Wildman–Crippen MR) is 82.9 cm³/mol. The van der Waals surface area contributed by atoms with Crippen LogP contribution in [0.5, 0.6) is 0 Å². The summed E-state index contributed by atoms with van der Waals surface area (Å²) < 4.78 is 28.0. The van der Waals surface area contributed by atoms with Crippen LogP contribution in [0.15, 0.2) is 30.3 Å². The molecule has 0 unspecified atom stereocenters. The molecular formula is C13H22ClN3O2S. The van der Waals surface area contributed by atoms with Crippen LogP contribution in [0.4, 0.5) is 0 Å². The summed E-state index contributed by atoms with van der Waals surface area (Å²) in [4.78, 5) is 0. The maximum absolute atomic E-state index is 12.5. The molecule has 5 nitrogen and oxygen atoms in total. The van der Waals surface area contributed by atoms with Gasteiger partial charge in [-0.25, -0.2) is 0 Å². The summed E-state index contributed by atoms with van der Waals surface area (Å²) in [5, 5.41) is 0. The molecular weight excluding hydrogens is 298 g/mol. The highest BCUT2D eigenvalue weighted by Crippen LogP contribution is 2.18. The molecule has 1 heterocycles. The van der Waals surface area contributed by atoms with Gasteiger partial charge in [0.2, 0.25) is 0 Å². The third-order valence-corrected chi connectivity index (χ3v) is 5.42. The fraction of sp³-hybridized carbons (Fsp3) is 0.538. The van der Waals surface area contributed by atoms with E-state index in [0.29, 0.717) is 26.2 Å². The molecule has 7 heteroatoms. The van der Waals surface area contributed by atoms with Crippen molar-refractivity contribution in [2.45, 2.75) is 25.9 Å². The largest absolute Gasteiger partial charge is 0.326 e. The molecule has 0 aliphatic carbocycles. The van der Waals surface area contributed by atoms with Crippen LogP contribution in [0, 0.1) is 0 Å². The minimum Gasteiger partial charge on any atom is -0.326 e. The van der Waals surface area contributed by atoms with Crippen molar-refractivity contribution in [3.8, 4) is 0 Å². The Kier molecular flexibility index (Phi) is 6.42. The highest BCUT2D eigenvalue weighted by molar-refractivity contribution is 7.86. The number of rotatable bonds is 5. The lowest BCUT2D eigenvalue weighted by Crippen LogP contribution is -2.43. The zero-order valence-corrected chi connectivity index (χ0v) is 13.2. The van der Waals surface area contributed by atoms with Crippen LogP contribution >= 0.6 is 12.4 Å². The molecule has 1 atom stereocenters. The quantitative estimate of drug-likeness (QED) is 0.887. The van der Waals surface area contributed by atoms with Crippen LogP contribution < -0.4 is 5.73 Å². The third-order valence-electron chi connectivity index (χ3n) is 3.39. The maximum Gasteiger partial charge on any atom is 0.282 e. The van der Waals surface area contributed by atoms with Gasteiger partial charge in [-0.1, -0.05) is 37.3 Å². The van der Waals surface area contributed by atoms with E-state index < -0.39 is 10.2 Å². The SMILES string of the molecule is CCN(Cc1ccccc1)S(=O)(=O)N1CC[C@@H](N)C1.Cl. The maximum atomic E-state index is 12.5. The molecule has 0 radical (unpaired) electrons. The van der Waals surface area contributed by atoms with E-state index in [2.05, 4.69) is 0 Å². The van der Waals surface area contributed by atoms with Crippen molar-refractivity contribution in [2.24, 2.45) is 5.73 Å². The van der Waals surface area contributed by atoms with E-state index in [1.807, 2.05) is 37.3 Å². The van der Waals surface area contributed by atoms with Gasteiger partial charge < -0.3 is 5.73 Å². The highest BCUT2D eigenvalue weighted by Gasteiger charge is 2.33. The van der Waals surface area contributed by atoms with Crippen molar-refractivity contribution in [2.75, 3.05) is 19.6 Å². The Hall–Kier alpha value is -0.660. The average Bonchev–Trinajstić information content (AvgIpc) is 2.84. The van der Waals surface area contributed by atoms with E-state index in [0.717, 1.165) is 12.0 Å². The minimum atomic E-state index is -3.40. The Bertz CT molecular complexity index is 510. The summed E-state index contributed by atoms with van der Waals surface area (Å²) in [6.07, 6.45) is 0.738. The van der Waals surface area contributed by atoms with Crippen LogP contribution in [-0.4, -0.2) is 42.7 Å². The third kappa shape index (κ3) is 3.93. The fourth-order valence-electron chi connectivity index (χ4n) is 2.27. The molecule has 1 aliphatic rings. The summed E-state index contributed by atoms with van der Waals surface area (Å²) in [5.74, 6) is 0. The van der Waals surface area contributed by atoms with Gasteiger partial charge in [-0.15, -0.1) is 12.4 Å². The summed E-state index contributed by atoms with van der Waals surface area (Å²) >= 11 is 0. The lowest BCUT2D eigenvalue weighted by molar-refractivity contribution is 0.364. The molecule has 114 valence electrons. The second-order valence-electron chi connectivity index (χ2n) is 4.83. The molecule has 1 saturated heterocycles. The highest BCUT2D eigenvalue weighted by atomic mass is 35.5. The smallest absolute Gasteiger partial charge is 0.282 e. The molecule has 20 heavy (non-hydrogen) atoms. The summed E-state index contributed by atoms with van der Waals surface area (Å²) in [7, 11) is -3.40. The lowest BCUT2D eigenvalue weighted by Gasteiger charge is -2.26. The van der Waals surface area contributed by atoms with Gasteiger partial charge in [-0.3, -0.25) is 0 Å². The molecule has 0 saturated carbocycles. The van der Waals surface area contributed by atoms with Gasteiger partial charge in [-0.05, 0) is 12.0 Å². The number of hydrogen-bond donors (Lipinski definition) is 1. The molecule has 1 aromatic carbocycles. The van der Waals surface area contributed by atoms with Crippen LogP contribution in [0.25, 0.3) is 0 Å². The zero-order valence-electron chi connectivity index (χ0n) is 11.6. The Balaban J connectivity index is 0.00000200. The molecule has 2 N–H and O–H groups in total. The van der Waals surface area contributed by atoms with Gasteiger partial charge in [0, 0.05) is 32.2 Å². The van der Waals surface area contributed by atoms with Gasteiger partial charge in [-0.2, -0.15) is 17.0 Å². The van der Waals surface area contributed by atoms with Crippen molar-refractivity contribution in [1.29, 1.82) is 0 Å². The van der Waals surface area contributed by atoms with E-state index in [-0.39, 0.29) is 18.4 Å². The molecule has 2 rings (SSSR count). The lowest BCUT2D eigenvalue weighted by atomic mass is 10.2. The normalized spacial score (nSPS) is 20.1. The monoisotopic (exact) mass is 319 g/mol. The molecule has 0 amide bonds. The second kappa shape index (κ2) is 7.38. The first-order valence-electron chi connectivity index (χ1n) is 6.58. The number of nitrogens with zero attached hydrogens (tertiary/aromatic N) is 2. The van der Waals surface area contributed by atoms with Crippen molar-refractivity contribution in [3.63, 3.8) is 0 Å². The van der Waals surface area contributed by atoms with Gasteiger partial charge in [0.1, 0.15) is 0 Å². The van der Waals surface area contributed by atoms with E-state index in [4.69, 9.17) is 5.73 Å². The standard InChI is InChI=1S/C13H21N3O2S.ClH/c1-2-15(10-12-6-4-3-5-7-12)19(17,18)16-9-8-13(14)11-16;/h3-7,13H,2,8-11,14H2,1H3;1H/t13-;/m1./s1. The van der Waals surface area contributed by atoms with Gasteiger partial charge >= 0.3 is 0 Å². The molecule has 1 aromatic rings. The molecule has 1 fully saturated rings. The van der Waals surface area contributed by atoms with Crippen molar-refractivity contribution < 1.29 is 8.42 Å². The van der Waals surface area contributed by atoms with Crippen molar-refractivity contribution in [1.82, 2.24) is 8.61 Å². The summed E-state index contributed by atoms with van der Waals surface area (Å²) in [5.41, 5.74) is 6.79. The van der Waals surface area contributed by atoms with Crippen LogP contribution in [-0.2, 0) is 16.8 Å². The predicted octanol–water partition coefficient (Wildman–Crippen LogP) is 1.21. The Morgan fingerprint density at radius 2 is 2.00 bits per heavy atom. The Morgan fingerprint density at radius 3 is 2.50 bits per heavy atom. The molecule has 0 bridgehead atoms. The van der Waals surface area contributed by atoms with Gasteiger partial charge in [0.25, 0.3) is 10.2 Å². The summed E-state index contributed by atoms with van der Waals surface area (Å²) in [6, 6.07) is 9.60. The van der Waals surface area contributed by atoms with E-state index in [1.54, 1.807) is 0 Å². The first kappa shape index (κ1) is 17.4.